The number of aromatic nitrogens is 2. The molecule has 4 atom stereocenters. The van der Waals surface area contributed by atoms with Gasteiger partial charge in [0, 0.05) is 11.8 Å². The first-order chi connectivity index (χ1) is 15.2. The van der Waals surface area contributed by atoms with Crippen LogP contribution in [-0.2, 0) is 9.47 Å². The van der Waals surface area contributed by atoms with Crippen molar-refractivity contribution in [3.05, 3.63) is 60.7 Å². The van der Waals surface area contributed by atoms with E-state index in [1.807, 2.05) is 30.3 Å². The number of hydrogen-bond donors (Lipinski definition) is 2. The lowest BCUT2D eigenvalue weighted by Gasteiger charge is -2.18. The van der Waals surface area contributed by atoms with Crippen LogP contribution in [0.1, 0.15) is 10.6 Å². The summed E-state index contributed by atoms with van der Waals surface area (Å²) in [6.45, 7) is 0.784. The number of amides is 1. The van der Waals surface area contributed by atoms with Gasteiger partial charge in [-0.1, -0.05) is 12.1 Å². The highest BCUT2D eigenvalue weighted by atomic mass is 16.6. The van der Waals surface area contributed by atoms with Gasteiger partial charge in [0.2, 0.25) is 5.95 Å². The normalized spacial score (nSPS) is 24.5. The van der Waals surface area contributed by atoms with Gasteiger partial charge in [0.05, 0.1) is 44.4 Å². The molecule has 0 bridgehead atoms. The van der Waals surface area contributed by atoms with Gasteiger partial charge < -0.3 is 29.3 Å². The minimum atomic E-state index is -0.285. The minimum Gasteiger partial charge on any atom is -0.496 e. The zero-order chi connectivity index (χ0) is 21.2. The van der Waals surface area contributed by atoms with Crippen LogP contribution in [-0.4, -0.2) is 60.5 Å². The molecule has 9 nitrogen and oxygen atoms in total. The largest absolute Gasteiger partial charge is 0.496 e. The molecule has 0 unspecified atom stereocenters. The van der Waals surface area contributed by atoms with E-state index in [2.05, 4.69) is 20.6 Å². The molecule has 1 amide bonds. The molecule has 1 aromatic carbocycles. The summed E-state index contributed by atoms with van der Waals surface area (Å²) < 4.78 is 22.5. The molecule has 2 aromatic heterocycles. The molecule has 2 aliphatic rings. The Labute approximate surface area is 178 Å². The number of hydrogen-bond acceptors (Lipinski definition) is 8. The van der Waals surface area contributed by atoms with Gasteiger partial charge in [0.15, 0.2) is 5.76 Å². The number of ether oxygens (including phenoxy) is 3. The van der Waals surface area contributed by atoms with E-state index >= 15 is 0 Å². The van der Waals surface area contributed by atoms with Gasteiger partial charge in [0.25, 0.3) is 5.91 Å². The topological polar surface area (TPSA) is 108 Å². The van der Waals surface area contributed by atoms with E-state index in [1.54, 1.807) is 25.4 Å². The molecule has 9 heteroatoms. The molecule has 0 saturated carbocycles. The lowest BCUT2D eigenvalue weighted by Crippen LogP contribution is -2.44. The van der Waals surface area contributed by atoms with Crippen molar-refractivity contribution in [2.45, 2.75) is 24.3 Å². The van der Waals surface area contributed by atoms with Crippen molar-refractivity contribution in [3.8, 4) is 17.0 Å². The van der Waals surface area contributed by atoms with Crippen molar-refractivity contribution in [1.82, 2.24) is 15.3 Å². The van der Waals surface area contributed by atoms with Crippen LogP contribution in [0.5, 0.6) is 5.75 Å². The molecule has 2 saturated heterocycles. The zero-order valence-electron chi connectivity index (χ0n) is 16.9. The van der Waals surface area contributed by atoms with Crippen LogP contribution in [0.2, 0.25) is 0 Å². The molecule has 2 aliphatic heterocycles. The maximum Gasteiger partial charge on any atom is 0.287 e. The standard InChI is InChI=1S/C22H22N4O5/c1-28-17-6-3-2-5-13(17)14-8-9-23-22(25-14)26-16-12-31-19-15(11-30-20(16)19)24-21(27)18-7-4-10-29-18/h2-10,15-16,19-20H,11-12H2,1H3,(H,24,27)(H,23,25,26)/t15-,16-,19+,20+/m0/s1. The summed E-state index contributed by atoms with van der Waals surface area (Å²) in [6, 6.07) is 12.4. The van der Waals surface area contributed by atoms with Crippen LogP contribution in [0.25, 0.3) is 11.3 Å². The Morgan fingerprint density at radius 2 is 1.87 bits per heavy atom. The number of benzene rings is 1. The van der Waals surface area contributed by atoms with Crippen LogP contribution in [0.15, 0.2) is 59.3 Å². The Balaban J connectivity index is 1.26. The Hall–Kier alpha value is -3.43. The third-order valence-electron chi connectivity index (χ3n) is 5.47. The Morgan fingerprint density at radius 3 is 2.68 bits per heavy atom. The highest BCUT2D eigenvalue weighted by molar-refractivity contribution is 5.91. The van der Waals surface area contributed by atoms with E-state index in [1.165, 1.54) is 6.26 Å². The monoisotopic (exact) mass is 422 g/mol. The van der Waals surface area contributed by atoms with E-state index in [4.69, 9.17) is 18.6 Å². The van der Waals surface area contributed by atoms with Crippen molar-refractivity contribution in [2.75, 3.05) is 25.6 Å². The second kappa shape index (κ2) is 8.37. The Kier molecular flexibility index (Phi) is 5.27. The molecule has 0 spiro atoms. The molecule has 0 aliphatic carbocycles. The maximum atomic E-state index is 12.3. The Morgan fingerprint density at radius 1 is 1.06 bits per heavy atom. The average molecular weight is 422 g/mol. The number of carbonyl (C=O) groups excluding carboxylic acids is 1. The molecular weight excluding hydrogens is 400 g/mol. The van der Waals surface area contributed by atoms with Gasteiger partial charge in [-0.15, -0.1) is 0 Å². The van der Waals surface area contributed by atoms with Crippen molar-refractivity contribution >= 4 is 11.9 Å². The fraction of sp³-hybridized carbons (Fsp3) is 0.318. The predicted molar refractivity (Wildman–Crippen MR) is 111 cm³/mol. The molecule has 0 radical (unpaired) electrons. The van der Waals surface area contributed by atoms with Crippen LogP contribution in [0, 0.1) is 0 Å². The van der Waals surface area contributed by atoms with E-state index < -0.39 is 0 Å². The number of carbonyl (C=O) groups is 1. The molecule has 5 rings (SSSR count). The zero-order valence-corrected chi connectivity index (χ0v) is 16.9. The number of methoxy groups -OCH3 is 1. The third-order valence-corrected chi connectivity index (χ3v) is 5.47. The molecule has 4 heterocycles. The molecule has 2 N–H and O–H groups in total. The summed E-state index contributed by atoms with van der Waals surface area (Å²) in [6.07, 6.45) is 2.69. The summed E-state index contributed by atoms with van der Waals surface area (Å²) in [5.41, 5.74) is 1.63. The number of furan rings is 1. The SMILES string of the molecule is COc1ccccc1-c1ccnc(N[C@H]2CO[C@H]3[C@@H]2OC[C@@H]3NC(=O)c2ccco2)n1. The van der Waals surface area contributed by atoms with E-state index in [0.717, 1.165) is 17.0 Å². The quantitative estimate of drug-likeness (QED) is 0.622. The maximum absolute atomic E-state index is 12.3. The third kappa shape index (κ3) is 3.85. The number of fused-ring (bicyclic) bond motifs is 1. The smallest absolute Gasteiger partial charge is 0.287 e. The van der Waals surface area contributed by atoms with Crippen molar-refractivity contribution in [1.29, 1.82) is 0 Å². The van der Waals surface area contributed by atoms with Crippen molar-refractivity contribution in [2.24, 2.45) is 0 Å². The first-order valence-electron chi connectivity index (χ1n) is 10.0. The molecule has 160 valence electrons. The summed E-state index contributed by atoms with van der Waals surface area (Å²) in [4.78, 5) is 21.3. The summed E-state index contributed by atoms with van der Waals surface area (Å²) in [5.74, 6) is 1.19. The van der Waals surface area contributed by atoms with Crippen LogP contribution < -0.4 is 15.4 Å². The van der Waals surface area contributed by atoms with E-state index in [9.17, 15) is 4.79 Å². The lowest BCUT2D eigenvalue weighted by molar-refractivity contribution is 0.0646. The fourth-order valence-electron chi connectivity index (χ4n) is 3.99. The van der Waals surface area contributed by atoms with Gasteiger partial charge in [0.1, 0.15) is 18.0 Å². The average Bonchev–Trinajstić information content (AvgIpc) is 3.54. The van der Waals surface area contributed by atoms with Crippen molar-refractivity contribution < 1.29 is 23.4 Å². The first-order valence-corrected chi connectivity index (χ1v) is 10.0. The van der Waals surface area contributed by atoms with E-state index in [-0.39, 0.29) is 36.0 Å². The van der Waals surface area contributed by atoms with Gasteiger partial charge in [-0.3, -0.25) is 4.79 Å². The Bertz CT molecular complexity index is 1060. The second-order valence-corrected chi connectivity index (χ2v) is 7.37. The van der Waals surface area contributed by atoms with Crippen LogP contribution >= 0.6 is 0 Å². The number of nitrogens with zero attached hydrogens (tertiary/aromatic N) is 2. The summed E-state index contributed by atoms with van der Waals surface area (Å²) in [5, 5.41) is 6.24. The van der Waals surface area contributed by atoms with Gasteiger partial charge in [-0.2, -0.15) is 0 Å². The molecule has 31 heavy (non-hydrogen) atoms. The van der Waals surface area contributed by atoms with Gasteiger partial charge in [-0.05, 0) is 30.3 Å². The number of rotatable bonds is 6. The summed E-state index contributed by atoms with van der Waals surface area (Å²) in [7, 11) is 1.63. The molecular formula is C22H22N4O5. The minimum absolute atomic E-state index is 0.136. The van der Waals surface area contributed by atoms with Gasteiger partial charge in [-0.25, -0.2) is 9.97 Å². The highest BCUT2D eigenvalue weighted by Gasteiger charge is 2.48. The lowest BCUT2D eigenvalue weighted by atomic mass is 10.1. The first kappa shape index (κ1) is 19.5. The predicted octanol–water partition coefficient (Wildman–Crippen LogP) is 2.12. The highest BCUT2D eigenvalue weighted by Crippen LogP contribution is 2.31. The summed E-state index contributed by atoms with van der Waals surface area (Å²) >= 11 is 0. The fourth-order valence-corrected chi connectivity index (χ4v) is 3.99. The molecule has 3 aromatic rings. The van der Waals surface area contributed by atoms with Gasteiger partial charge >= 0.3 is 0 Å². The number of anilines is 1. The van der Waals surface area contributed by atoms with Crippen LogP contribution in [0.4, 0.5) is 5.95 Å². The van der Waals surface area contributed by atoms with Crippen molar-refractivity contribution in [3.63, 3.8) is 0 Å². The number of para-hydroxylation sites is 1. The second-order valence-electron chi connectivity index (χ2n) is 7.37. The van der Waals surface area contributed by atoms with E-state index in [0.29, 0.717) is 19.2 Å². The molecule has 2 fully saturated rings. The van der Waals surface area contributed by atoms with Crippen LogP contribution in [0.3, 0.4) is 0 Å². The number of nitrogens with one attached hydrogen (secondary N) is 2.